The highest BCUT2D eigenvalue weighted by molar-refractivity contribution is 7.88. The van der Waals surface area contributed by atoms with E-state index in [0.717, 1.165) is 17.1 Å². The summed E-state index contributed by atoms with van der Waals surface area (Å²) in [6, 6.07) is 11.8. The number of amides is 2. The van der Waals surface area contributed by atoms with Crippen LogP contribution in [0.25, 0.3) is 0 Å². The van der Waals surface area contributed by atoms with Crippen molar-refractivity contribution in [2.75, 3.05) is 13.1 Å². The Balaban J connectivity index is 1.63. The highest BCUT2D eigenvalue weighted by Crippen LogP contribution is 2.25. The zero-order valence-corrected chi connectivity index (χ0v) is 20.9. The topological polar surface area (TPSA) is 126 Å². The van der Waals surface area contributed by atoms with Gasteiger partial charge in [0.1, 0.15) is 5.15 Å². The van der Waals surface area contributed by atoms with Gasteiger partial charge in [0.15, 0.2) is 6.17 Å². The minimum Gasteiger partial charge on any atom is -0.350 e. The first kappa shape index (κ1) is 25.6. The van der Waals surface area contributed by atoms with Crippen LogP contribution >= 0.6 is 11.6 Å². The molecule has 35 heavy (non-hydrogen) atoms. The molecule has 188 valence electrons. The van der Waals surface area contributed by atoms with E-state index in [1.165, 1.54) is 23.2 Å². The van der Waals surface area contributed by atoms with Crippen LogP contribution in [0.3, 0.4) is 0 Å². The lowest BCUT2D eigenvalue weighted by Gasteiger charge is -2.42. The number of carbonyl (C=O) groups excluding carboxylic acids is 2. The number of nitrogens with one attached hydrogen (secondary N) is 1. The first-order valence-electron chi connectivity index (χ1n) is 11.8. The summed E-state index contributed by atoms with van der Waals surface area (Å²) < 4.78 is 28.2. The van der Waals surface area contributed by atoms with E-state index in [4.69, 9.17) is 17.3 Å². The van der Waals surface area contributed by atoms with Crippen molar-refractivity contribution >= 4 is 33.4 Å². The summed E-state index contributed by atoms with van der Waals surface area (Å²) in [6.07, 6.45) is 3.44. The molecule has 0 spiro atoms. The third kappa shape index (κ3) is 6.19. The van der Waals surface area contributed by atoms with Crippen LogP contribution in [0.4, 0.5) is 0 Å². The van der Waals surface area contributed by atoms with Crippen molar-refractivity contribution in [2.24, 2.45) is 5.73 Å². The van der Waals surface area contributed by atoms with Gasteiger partial charge in [0.2, 0.25) is 10.0 Å². The van der Waals surface area contributed by atoms with Gasteiger partial charge in [-0.2, -0.15) is 4.31 Å². The fourth-order valence-corrected chi connectivity index (χ4v) is 6.46. The summed E-state index contributed by atoms with van der Waals surface area (Å²) >= 11 is 5.86. The highest BCUT2D eigenvalue weighted by atomic mass is 35.5. The monoisotopic (exact) mass is 519 g/mol. The molecule has 2 aliphatic rings. The Kier molecular flexibility index (Phi) is 8.05. The number of sulfonamides is 1. The van der Waals surface area contributed by atoms with Crippen LogP contribution in [0, 0.1) is 0 Å². The molecule has 1 atom stereocenters. The third-order valence-corrected chi connectivity index (χ3v) is 8.50. The molecule has 2 aromatic rings. The quantitative estimate of drug-likeness (QED) is 0.563. The molecular weight excluding hydrogens is 490 g/mol. The van der Waals surface area contributed by atoms with Gasteiger partial charge in [-0.3, -0.25) is 9.59 Å². The predicted molar refractivity (Wildman–Crippen MR) is 133 cm³/mol. The minimum absolute atomic E-state index is 0.107. The van der Waals surface area contributed by atoms with Gasteiger partial charge in [0.05, 0.1) is 11.3 Å². The first-order valence-corrected chi connectivity index (χ1v) is 13.8. The lowest BCUT2D eigenvalue weighted by molar-refractivity contribution is -0.132. The van der Waals surface area contributed by atoms with E-state index >= 15 is 0 Å². The van der Waals surface area contributed by atoms with Gasteiger partial charge in [-0.25, -0.2) is 13.4 Å². The van der Waals surface area contributed by atoms with Crippen LogP contribution < -0.4 is 11.1 Å². The number of hydrogen-bond donors (Lipinski definition) is 2. The molecule has 4 rings (SSSR count). The zero-order valence-electron chi connectivity index (χ0n) is 19.3. The first-order chi connectivity index (χ1) is 16.7. The van der Waals surface area contributed by atoms with Crippen molar-refractivity contribution in [3.8, 4) is 0 Å². The van der Waals surface area contributed by atoms with Gasteiger partial charge in [0, 0.05) is 31.4 Å². The van der Waals surface area contributed by atoms with Crippen molar-refractivity contribution in [1.82, 2.24) is 19.5 Å². The van der Waals surface area contributed by atoms with Crippen molar-refractivity contribution in [3.05, 3.63) is 64.9 Å². The van der Waals surface area contributed by atoms with Crippen molar-refractivity contribution in [3.63, 3.8) is 0 Å². The average Bonchev–Trinajstić information content (AvgIpc) is 2.85. The molecule has 2 fully saturated rings. The van der Waals surface area contributed by atoms with E-state index in [0.29, 0.717) is 24.8 Å². The molecule has 1 aliphatic carbocycles. The van der Waals surface area contributed by atoms with Crippen LogP contribution in [0.1, 0.15) is 48.0 Å². The number of nitrogens with zero attached hydrogens (tertiary/aromatic N) is 3. The molecule has 1 unspecified atom stereocenters. The lowest BCUT2D eigenvalue weighted by atomic mass is 9.92. The molecule has 1 aromatic heterocycles. The number of nitrogens with two attached hydrogens (primary N) is 1. The van der Waals surface area contributed by atoms with E-state index < -0.39 is 28.0 Å². The summed E-state index contributed by atoms with van der Waals surface area (Å²) in [5, 5.41) is 3.22. The Labute approximate surface area is 210 Å². The smallest absolute Gasteiger partial charge is 0.259 e. The second-order valence-electron chi connectivity index (χ2n) is 9.07. The third-order valence-electron chi connectivity index (χ3n) is 6.48. The Morgan fingerprint density at radius 3 is 2.43 bits per heavy atom. The van der Waals surface area contributed by atoms with Crippen LogP contribution in [0.2, 0.25) is 5.15 Å². The average molecular weight is 520 g/mol. The van der Waals surface area contributed by atoms with Crippen molar-refractivity contribution in [1.29, 1.82) is 0 Å². The SMILES string of the molecule is NC1CCC(NC(=O)C2N(C(=O)c3ccc(Cl)nc3)CCCN2S(=O)(=O)Cc2ccccc2)CC1. The van der Waals surface area contributed by atoms with Gasteiger partial charge >= 0.3 is 0 Å². The Bertz CT molecular complexity index is 1140. The maximum absolute atomic E-state index is 13.6. The molecule has 9 nitrogen and oxygen atoms in total. The molecule has 0 radical (unpaired) electrons. The van der Waals surface area contributed by atoms with Gasteiger partial charge in [-0.15, -0.1) is 0 Å². The van der Waals surface area contributed by atoms with E-state index in [-0.39, 0.29) is 41.6 Å². The highest BCUT2D eigenvalue weighted by Gasteiger charge is 2.44. The molecule has 2 amide bonds. The molecular formula is C24H30ClN5O4S. The molecule has 1 aromatic carbocycles. The number of pyridine rings is 1. The van der Waals surface area contributed by atoms with E-state index in [1.54, 1.807) is 24.3 Å². The van der Waals surface area contributed by atoms with Crippen LogP contribution in [-0.2, 0) is 20.6 Å². The Morgan fingerprint density at radius 2 is 1.77 bits per heavy atom. The van der Waals surface area contributed by atoms with E-state index in [9.17, 15) is 18.0 Å². The number of halogens is 1. The zero-order chi connectivity index (χ0) is 25.0. The van der Waals surface area contributed by atoms with E-state index in [1.807, 2.05) is 6.07 Å². The van der Waals surface area contributed by atoms with Crippen LogP contribution in [-0.4, -0.2) is 65.8 Å². The molecule has 2 heterocycles. The van der Waals surface area contributed by atoms with E-state index in [2.05, 4.69) is 10.3 Å². The maximum Gasteiger partial charge on any atom is 0.259 e. The number of aromatic nitrogens is 1. The standard InChI is InChI=1S/C24H30ClN5O4S/c25-21-12-7-18(15-27-21)24(32)29-13-4-14-30(35(33,34)16-17-5-2-1-3-6-17)23(29)22(31)28-20-10-8-19(26)9-11-20/h1-3,5-7,12,15,19-20,23H,4,8-11,13-14,16,26H2,(H,28,31). The van der Waals surface area contributed by atoms with Crippen LogP contribution in [0.5, 0.6) is 0 Å². The normalized spacial score (nSPS) is 23.6. The summed E-state index contributed by atoms with van der Waals surface area (Å²) in [5.74, 6) is -1.24. The molecule has 3 N–H and O–H groups in total. The van der Waals surface area contributed by atoms with Crippen molar-refractivity contribution in [2.45, 2.75) is 56.1 Å². The number of benzene rings is 1. The summed E-state index contributed by atoms with van der Waals surface area (Å²) in [5.41, 5.74) is 6.84. The second-order valence-corrected chi connectivity index (χ2v) is 11.4. The van der Waals surface area contributed by atoms with Gasteiger partial charge in [0.25, 0.3) is 11.8 Å². The largest absolute Gasteiger partial charge is 0.350 e. The summed E-state index contributed by atoms with van der Waals surface area (Å²) in [6.45, 7) is 0.387. The lowest BCUT2D eigenvalue weighted by Crippen LogP contribution is -2.64. The molecule has 11 heteroatoms. The molecule has 0 bridgehead atoms. The number of hydrogen-bond acceptors (Lipinski definition) is 6. The fraction of sp³-hybridized carbons (Fsp3) is 0.458. The molecule has 1 saturated carbocycles. The van der Waals surface area contributed by atoms with Gasteiger partial charge < -0.3 is 16.0 Å². The van der Waals surface area contributed by atoms with Gasteiger partial charge in [-0.05, 0) is 49.8 Å². The number of rotatable bonds is 6. The van der Waals surface area contributed by atoms with Crippen LogP contribution in [0.15, 0.2) is 48.7 Å². The molecule has 1 aliphatic heterocycles. The van der Waals surface area contributed by atoms with Gasteiger partial charge in [-0.1, -0.05) is 41.9 Å². The number of carbonyl (C=O) groups is 2. The summed E-state index contributed by atoms with van der Waals surface area (Å²) in [4.78, 5) is 32.3. The minimum atomic E-state index is -3.91. The Hall–Kier alpha value is -2.53. The maximum atomic E-state index is 13.6. The van der Waals surface area contributed by atoms with Crippen molar-refractivity contribution < 1.29 is 18.0 Å². The second kappa shape index (κ2) is 11.0. The fourth-order valence-electron chi connectivity index (χ4n) is 4.65. The Morgan fingerprint density at radius 1 is 1.06 bits per heavy atom. The predicted octanol–water partition coefficient (Wildman–Crippen LogP) is 2.13. The summed E-state index contributed by atoms with van der Waals surface area (Å²) in [7, 11) is -3.91. The molecule has 1 saturated heterocycles.